The average molecular weight is 376 g/mol. The Bertz CT molecular complexity index is 656. The van der Waals surface area contributed by atoms with E-state index in [1.54, 1.807) is 6.92 Å². The first-order valence-electron chi connectivity index (χ1n) is 7.08. The van der Waals surface area contributed by atoms with E-state index < -0.39 is 10.0 Å². The third kappa shape index (κ3) is 6.09. The Balaban J connectivity index is 2.67. The third-order valence-corrected chi connectivity index (χ3v) is 5.62. The second-order valence-electron chi connectivity index (χ2n) is 4.76. The Hall–Kier alpha value is -1.16. The van der Waals surface area contributed by atoms with Crippen LogP contribution in [0.3, 0.4) is 0 Å². The van der Waals surface area contributed by atoms with Crippen molar-refractivity contribution in [1.82, 2.24) is 4.90 Å². The molecule has 3 N–H and O–H groups in total. The number of benzene rings is 1. The van der Waals surface area contributed by atoms with E-state index in [0.29, 0.717) is 10.0 Å². The van der Waals surface area contributed by atoms with Gasteiger partial charge in [-0.1, -0.05) is 24.0 Å². The fraction of sp³-hybridized carbons (Fsp3) is 0.429. The first-order valence-corrected chi connectivity index (χ1v) is 9.91. The van der Waals surface area contributed by atoms with Crippen molar-refractivity contribution in [2.45, 2.75) is 30.9 Å². The van der Waals surface area contributed by atoms with Crippen LogP contribution in [-0.2, 0) is 14.8 Å². The molecule has 128 valence electrons. The number of rotatable bonds is 6. The molecule has 0 bridgehead atoms. The van der Waals surface area contributed by atoms with Crippen LogP contribution >= 0.6 is 24.0 Å². The smallest absolute Gasteiger partial charge is 0.238 e. The highest BCUT2D eigenvalue weighted by Crippen LogP contribution is 2.19. The Morgan fingerprint density at radius 2 is 1.83 bits per heavy atom. The lowest BCUT2D eigenvalue weighted by atomic mass is 10.3. The fourth-order valence-electron chi connectivity index (χ4n) is 1.73. The predicted molar refractivity (Wildman–Crippen MR) is 99.0 cm³/mol. The summed E-state index contributed by atoms with van der Waals surface area (Å²) >= 11 is 6.64. The van der Waals surface area contributed by atoms with E-state index in [1.165, 1.54) is 36.0 Å². The minimum Gasteiger partial charge on any atom is -0.358 e. The van der Waals surface area contributed by atoms with Crippen molar-refractivity contribution < 1.29 is 13.2 Å². The van der Waals surface area contributed by atoms with Crippen LogP contribution in [0.1, 0.15) is 20.8 Å². The van der Waals surface area contributed by atoms with E-state index in [2.05, 4.69) is 5.32 Å². The Morgan fingerprint density at radius 3 is 2.26 bits per heavy atom. The van der Waals surface area contributed by atoms with Crippen LogP contribution in [-0.4, -0.2) is 41.9 Å². The summed E-state index contributed by atoms with van der Waals surface area (Å²) in [4.78, 5) is 14.2. The highest BCUT2D eigenvalue weighted by atomic mass is 32.2. The second-order valence-corrected chi connectivity index (χ2v) is 8.29. The summed E-state index contributed by atoms with van der Waals surface area (Å²) in [6.07, 6.45) is 0. The molecule has 1 amide bonds. The van der Waals surface area contributed by atoms with Gasteiger partial charge in [0.15, 0.2) is 0 Å². The van der Waals surface area contributed by atoms with Gasteiger partial charge in [0.05, 0.1) is 10.1 Å². The highest BCUT2D eigenvalue weighted by molar-refractivity contribution is 8.23. The highest BCUT2D eigenvalue weighted by Gasteiger charge is 2.18. The van der Waals surface area contributed by atoms with Gasteiger partial charge in [0.1, 0.15) is 4.32 Å². The van der Waals surface area contributed by atoms with Crippen molar-refractivity contribution in [1.29, 1.82) is 0 Å². The summed E-state index contributed by atoms with van der Waals surface area (Å²) in [5.74, 6) is -0.201. The topological polar surface area (TPSA) is 92.5 Å². The van der Waals surface area contributed by atoms with Crippen LogP contribution in [0.5, 0.6) is 0 Å². The molecule has 0 aliphatic rings. The van der Waals surface area contributed by atoms with Crippen molar-refractivity contribution >= 4 is 49.9 Å². The van der Waals surface area contributed by atoms with Crippen molar-refractivity contribution in [3.63, 3.8) is 0 Å². The molecule has 0 radical (unpaired) electrons. The number of nitrogens with two attached hydrogens (primary N) is 1. The number of sulfonamides is 1. The van der Waals surface area contributed by atoms with Crippen LogP contribution in [0.25, 0.3) is 0 Å². The number of amides is 1. The quantitative estimate of drug-likeness (QED) is 0.739. The van der Waals surface area contributed by atoms with Gasteiger partial charge in [0.25, 0.3) is 0 Å². The van der Waals surface area contributed by atoms with E-state index in [1.807, 2.05) is 18.7 Å². The molecule has 0 aromatic heterocycles. The molecule has 0 saturated carbocycles. The number of hydrogen-bond acceptors (Lipinski definition) is 5. The molecule has 9 heteroatoms. The molecule has 1 rings (SSSR count). The number of carbonyl (C=O) groups is 1. The summed E-state index contributed by atoms with van der Waals surface area (Å²) < 4.78 is 23.1. The molecule has 0 fully saturated rings. The van der Waals surface area contributed by atoms with Gasteiger partial charge in [-0.3, -0.25) is 4.79 Å². The van der Waals surface area contributed by atoms with Gasteiger partial charge in [-0.05, 0) is 45.0 Å². The monoisotopic (exact) mass is 375 g/mol. The van der Waals surface area contributed by atoms with Crippen LogP contribution < -0.4 is 10.5 Å². The SMILES string of the molecule is CCN(CC)C(=S)S[C@H](C)C(=O)Nc1ccc(S(N)(=O)=O)cc1. The zero-order valence-electron chi connectivity index (χ0n) is 13.3. The number of primary sulfonamides is 1. The van der Waals surface area contributed by atoms with Crippen molar-refractivity contribution in [3.8, 4) is 0 Å². The van der Waals surface area contributed by atoms with Gasteiger partial charge in [0.2, 0.25) is 15.9 Å². The van der Waals surface area contributed by atoms with E-state index in [-0.39, 0.29) is 16.1 Å². The van der Waals surface area contributed by atoms with Gasteiger partial charge < -0.3 is 10.2 Å². The first-order chi connectivity index (χ1) is 10.7. The summed E-state index contributed by atoms with van der Waals surface area (Å²) in [6.45, 7) is 7.38. The number of nitrogens with zero attached hydrogens (tertiary/aromatic N) is 1. The van der Waals surface area contributed by atoms with Crippen LogP contribution in [0.2, 0.25) is 0 Å². The maximum Gasteiger partial charge on any atom is 0.238 e. The van der Waals surface area contributed by atoms with Gasteiger partial charge in [-0.25, -0.2) is 13.6 Å². The minimum atomic E-state index is -3.74. The Labute approximate surface area is 146 Å². The molecular weight excluding hydrogens is 354 g/mol. The van der Waals surface area contributed by atoms with Crippen molar-refractivity contribution in [2.24, 2.45) is 5.14 Å². The molecule has 0 saturated heterocycles. The van der Waals surface area contributed by atoms with Crippen LogP contribution in [0.4, 0.5) is 5.69 Å². The first kappa shape index (κ1) is 19.9. The molecule has 23 heavy (non-hydrogen) atoms. The number of carbonyl (C=O) groups excluding carboxylic acids is 1. The number of nitrogens with one attached hydrogen (secondary N) is 1. The lowest BCUT2D eigenvalue weighted by Gasteiger charge is -2.22. The largest absolute Gasteiger partial charge is 0.358 e. The van der Waals surface area contributed by atoms with Gasteiger partial charge in [-0.15, -0.1) is 0 Å². The van der Waals surface area contributed by atoms with E-state index in [4.69, 9.17) is 17.4 Å². The van der Waals surface area contributed by atoms with E-state index in [9.17, 15) is 13.2 Å². The molecular formula is C14H21N3O3S3. The van der Waals surface area contributed by atoms with E-state index in [0.717, 1.165) is 13.1 Å². The minimum absolute atomic E-state index is 0.000587. The Kier molecular flexibility index (Phi) is 7.46. The zero-order valence-corrected chi connectivity index (χ0v) is 15.7. The third-order valence-electron chi connectivity index (χ3n) is 3.12. The maximum atomic E-state index is 12.2. The van der Waals surface area contributed by atoms with Gasteiger partial charge in [0, 0.05) is 18.8 Å². The summed E-state index contributed by atoms with van der Waals surface area (Å²) in [6, 6.07) is 5.70. The lowest BCUT2D eigenvalue weighted by Crippen LogP contribution is -2.31. The number of thioether (sulfide) groups is 1. The average Bonchev–Trinajstić information content (AvgIpc) is 2.48. The molecule has 0 aliphatic heterocycles. The molecule has 0 spiro atoms. The molecule has 1 aromatic carbocycles. The molecule has 0 aliphatic carbocycles. The summed E-state index contributed by atoms with van der Waals surface area (Å²) in [7, 11) is -3.74. The Morgan fingerprint density at radius 1 is 1.30 bits per heavy atom. The molecule has 6 nitrogen and oxygen atoms in total. The van der Waals surface area contributed by atoms with Crippen molar-refractivity contribution in [3.05, 3.63) is 24.3 Å². The molecule has 1 atom stereocenters. The standard InChI is InChI=1S/C14H21N3O3S3/c1-4-17(5-2)14(21)22-10(3)13(18)16-11-6-8-12(9-7-11)23(15,19)20/h6-10H,4-5H2,1-3H3,(H,16,18)(H2,15,19,20)/t10-/m1/s1. The maximum absolute atomic E-state index is 12.2. The molecule has 0 heterocycles. The molecule has 1 aromatic rings. The van der Waals surface area contributed by atoms with Crippen molar-refractivity contribution in [2.75, 3.05) is 18.4 Å². The van der Waals surface area contributed by atoms with Crippen LogP contribution in [0, 0.1) is 0 Å². The predicted octanol–water partition coefficient (Wildman–Crippen LogP) is 2.02. The number of anilines is 1. The van der Waals surface area contributed by atoms with Gasteiger partial charge in [-0.2, -0.15) is 0 Å². The fourth-order valence-corrected chi connectivity index (χ4v) is 3.82. The molecule has 0 unspecified atom stereocenters. The van der Waals surface area contributed by atoms with Crippen LogP contribution in [0.15, 0.2) is 29.2 Å². The van der Waals surface area contributed by atoms with Gasteiger partial charge >= 0.3 is 0 Å². The lowest BCUT2D eigenvalue weighted by molar-refractivity contribution is -0.115. The summed E-state index contributed by atoms with van der Waals surface area (Å²) in [5.41, 5.74) is 0.503. The number of thiocarbonyl (C=S) groups is 1. The second kappa shape index (κ2) is 8.62. The summed E-state index contributed by atoms with van der Waals surface area (Å²) in [5, 5.41) is 7.40. The van der Waals surface area contributed by atoms with E-state index >= 15 is 0 Å². The normalized spacial score (nSPS) is 12.5. The zero-order chi connectivity index (χ0) is 17.6. The number of hydrogen-bond donors (Lipinski definition) is 2.